The van der Waals surface area contributed by atoms with Gasteiger partial charge in [-0.25, -0.2) is 0 Å². The molecule has 1 amide bonds. The molecule has 0 aliphatic carbocycles. The second-order valence-corrected chi connectivity index (χ2v) is 13.6. The number of rotatable bonds is 14. The minimum Gasteiger partial charge on any atom is -0.491 e. The van der Waals surface area contributed by atoms with Gasteiger partial charge in [0.1, 0.15) is 17.2 Å². The summed E-state index contributed by atoms with van der Waals surface area (Å²) in [5.41, 5.74) is 13.5. The van der Waals surface area contributed by atoms with Gasteiger partial charge in [-0.05, 0) is 97.8 Å². The number of aryl methyl sites for hydroxylation is 4. The summed E-state index contributed by atoms with van der Waals surface area (Å²) in [5, 5.41) is 5.79. The Kier molecular flexibility index (Phi) is 19.3. The van der Waals surface area contributed by atoms with Crippen LogP contribution >= 0.6 is 31.9 Å². The molecule has 3 N–H and O–H groups in total. The topological polar surface area (TPSA) is 103 Å². The standard InChI is InChI=1S/C21H26BrNO2.C12H18BrNO.C7H7NO/c1-4-6-17-13-18(22)14-19(21(17)25-11-5-2)23-20(24)12-16-9-7-15(3)8-10-16;1-3-5-9-7-10(13)8-11(14)12(9)15-6-4-2;1-6-2-4-7(8-9)5-3-6/h7-10,13-14H,4-6,11-12H2,1-3H3,(H,23,24);7-8H,3-6,14H2,1-2H3;2-5H,1H3. The summed E-state index contributed by atoms with van der Waals surface area (Å²) >= 11 is 6.99. The zero-order valence-electron chi connectivity index (χ0n) is 29.7. The largest absolute Gasteiger partial charge is 0.491 e. The summed E-state index contributed by atoms with van der Waals surface area (Å²) in [6.07, 6.45) is 6.32. The summed E-state index contributed by atoms with van der Waals surface area (Å²) < 4.78 is 13.6. The molecule has 0 spiro atoms. The van der Waals surface area contributed by atoms with Crippen LogP contribution in [0.1, 0.15) is 81.2 Å². The van der Waals surface area contributed by atoms with Crippen molar-refractivity contribution in [2.45, 2.75) is 86.5 Å². The van der Waals surface area contributed by atoms with Crippen molar-refractivity contribution in [3.63, 3.8) is 0 Å². The molecule has 0 aromatic heterocycles. The number of amides is 1. The van der Waals surface area contributed by atoms with Crippen LogP contribution in [0.3, 0.4) is 0 Å². The van der Waals surface area contributed by atoms with Gasteiger partial charge in [0.15, 0.2) is 0 Å². The highest BCUT2D eigenvalue weighted by atomic mass is 79.9. The van der Waals surface area contributed by atoms with Crippen LogP contribution in [0.15, 0.2) is 86.9 Å². The Balaban J connectivity index is 0.000000292. The predicted octanol–water partition coefficient (Wildman–Crippen LogP) is 11.8. The van der Waals surface area contributed by atoms with Gasteiger partial charge in [0.05, 0.1) is 31.0 Å². The van der Waals surface area contributed by atoms with Gasteiger partial charge in [0.25, 0.3) is 0 Å². The molecule has 49 heavy (non-hydrogen) atoms. The van der Waals surface area contributed by atoms with E-state index in [1.54, 1.807) is 12.1 Å². The Morgan fingerprint density at radius 3 is 1.71 bits per heavy atom. The number of anilines is 2. The average Bonchev–Trinajstić information content (AvgIpc) is 3.06. The number of nitrogens with two attached hydrogens (primary N) is 1. The lowest BCUT2D eigenvalue weighted by molar-refractivity contribution is -0.115. The average molecular weight is 798 g/mol. The summed E-state index contributed by atoms with van der Waals surface area (Å²) in [7, 11) is 0. The molecule has 0 bridgehead atoms. The van der Waals surface area contributed by atoms with Gasteiger partial charge < -0.3 is 20.5 Å². The summed E-state index contributed by atoms with van der Waals surface area (Å²) in [6, 6.07) is 23.1. The maximum absolute atomic E-state index is 12.5. The Hall–Kier alpha value is -3.69. The van der Waals surface area contributed by atoms with Gasteiger partial charge >= 0.3 is 0 Å². The lowest BCUT2D eigenvalue weighted by atomic mass is 10.1. The molecule has 0 aliphatic heterocycles. The molecule has 0 saturated carbocycles. The molecule has 0 fully saturated rings. The van der Waals surface area contributed by atoms with E-state index in [0.29, 0.717) is 18.7 Å². The van der Waals surface area contributed by atoms with E-state index in [1.807, 2.05) is 62.4 Å². The normalized spacial score (nSPS) is 10.2. The number of nitrogens with zero attached hydrogens (tertiary/aromatic N) is 1. The molecule has 0 atom stereocenters. The van der Waals surface area contributed by atoms with Crippen LogP contribution < -0.4 is 20.5 Å². The zero-order valence-corrected chi connectivity index (χ0v) is 32.9. The van der Waals surface area contributed by atoms with Crippen molar-refractivity contribution in [3.8, 4) is 11.5 Å². The third-order valence-corrected chi connectivity index (χ3v) is 8.04. The first kappa shape index (κ1) is 41.5. The van der Waals surface area contributed by atoms with Crippen molar-refractivity contribution in [1.82, 2.24) is 0 Å². The molecule has 4 aromatic rings. The fraction of sp³-hybridized carbons (Fsp3) is 0.375. The van der Waals surface area contributed by atoms with Gasteiger partial charge in [-0.1, -0.05) is 120 Å². The highest BCUT2D eigenvalue weighted by Crippen LogP contribution is 2.35. The number of carbonyl (C=O) groups excluding carboxylic acids is 1. The van der Waals surface area contributed by atoms with Crippen LogP contribution in [0.2, 0.25) is 0 Å². The van der Waals surface area contributed by atoms with Gasteiger partial charge in [0.2, 0.25) is 5.91 Å². The quantitative estimate of drug-likeness (QED) is 0.0977. The summed E-state index contributed by atoms with van der Waals surface area (Å²) in [6.45, 7) is 13.8. The first-order valence-electron chi connectivity index (χ1n) is 17.0. The zero-order chi connectivity index (χ0) is 36.2. The van der Waals surface area contributed by atoms with E-state index in [1.165, 1.54) is 11.1 Å². The Morgan fingerprint density at radius 1 is 0.714 bits per heavy atom. The van der Waals surface area contributed by atoms with Gasteiger partial charge in [-0.2, -0.15) is 0 Å². The number of nitrogens with one attached hydrogen (secondary N) is 1. The smallest absolute Gasteiger partial charge is 0.228 e. The van der Waals surface area contributed by atoms with Crippen LogP contribution in [0.25, 0.3) is 0 Å². The maximum atomic E-state index is 12.5. The lowest BCUT2D eigenvalue weighted by Crippen LogP contribution is -2.16. The third kappa shape index (κ3) is 15.2. The van der Waals surface area contributed by atoms with Crippen molar-refractivity contribution in [2.24, 2.45) is 5.18 Å². The van der Waals surface area contributed by atoms with Crippen molar-refractivity contribution in [3.05, 3.63) is 114 Å². The maximum Gasteiger partial charge on any atom is 0.228 e. The number of nitrogen functional groups attached to an aromatic ring is 1. The van der Waals surface area contributed by atoms with E-state index in [2.05, 4.69) is 82.2 Å². The Bertz CT molecular complexity index is 1590. The van der Waals surface area contributed by atoms with Crippen LogP contribution in [0, 0.1) is 18.8 Å². The van der Waals surface area contributed by atoms with E-state index in [9.17, 15) is 9.70 Å². The van der Waals surface area contributed by atoms with E-state index in [0.717, 1.165) is 93.6 Å². The third-order valence-electron chi connectivity index (χ3n) is 7.13. The summed E-state index contributed by atoms with van der Waals surface area (Å²) in [5.74, 6) is 1.62. The highest BCUT2D eigenvalue weighted by molar-refractivity contribution is 9.10. The van der Waals surface area contributed by atoms with Crippen molar-refractivity contribution >= 4 is 54.8 Å². The number of hydrogen-bond acceptors (Lipinski definition) is 6. The number of nitroso groups, excluding NO2 is 1. The molecule has 4 aromatic carbocycles. The van der Waals surface area contributed by atoms with E-state index in [4.69, 9.17) is 15.2 Å². The first-order chi connectivity index (χ1) is 23.5. The van der Waals surface area contributed by atoms with Crippen LogP contribution in [-0.4, -0.2) is 19.1 Å². The van der Waals surface area contributed by atoms with Gasteiger partial charge in [-0.3, -0.25) is 4.79 Å². The van der Waals surface area contributed by atoms with Crippen LogP contribution in [0.5, 0.6) is 11.5 Å². The minimum absolute atomic E-state index is 0.0363. The molecule has 264 valence electrons. The molecule has 9 heteroatoms. The second kappa shape index (κ2) is 22.9. The molecule has 0 unspecified atom stereocenters. The van der Waals surface area contributed by atoms with Crippen LogP contribution in [-0.2, 0) is 24.1 Å². The lowest BCUT2D eigenvalue weighted by Gasteiger charge is -2.17. The number of benzene rings is 4. The van der Waals surface area contributed by atoms with Crippen molar-refractivity contribution in [1.29, 1.82) is 0 Å². The molecule has 7 nitrogen and oxygen atoms in total. The minimum atomic E-state index is -0.0363. The monoisotopic (exact) mass is 795 g/mol. The van der Waals surface area contributed by atoms with Crippen LogP contribution in [0.4, 0.5) is 17.1 Å². The van der Waals surface area contributed by atoms with Crippen molar-refractivity contribution < 1.29 is 14.3 Å². The molecule has 0 heterocycles. The second-order valence-electron chi connectivity index (χ2n) is 11.8. The molecular formula is C40H51Br2N3O4. The number of ether oxygens (including phenoxy) is 2. The molecule has 0 aliphatic rings. The summed E-state index contributed by atoms with van der Waals surface area (Å²) in [4.78, 5) is 22.4. The fourth-order valence-electron chi connectivity index (χ4n) is 4.77. The van der Waals surface area contributed by atoms with E-state index < -0.39 is 0 Å². The first-order valence-corrected chi connectivity index (χ1v) is 18.5. The molecule has 0 radical (unpaired) electrons. The molecule has 4 rings (SSSR count). The Labute approximate surface area is 309 Å². The fourth-order valence-corrected chi connectivity index (χ4v) is 5.80. The van der Waals surface area contributed by atoms with E-state index >= 15 is 0 Å². The number of hydrogen-bond donors (Lipinski definition) is 2. The highest BCUT2D eigenvalue weighted by Gasteiger charge is 2.15. The molecule has 0 saturated heterocycles. The van der Waals surface area contributed by atoms with Gasteiger partial charge in [-0.15, -0.1) is 4.91 Å². The molecular weight excluding hydrogens is 746 g/mol. The van der Waals surface area contributed by atoms with Gasteiger partial charge in [0, 0.05) is 8.95 Å². The Morgan fingerprint density at radius 2 is 1.20 bits per heavy atom. The predicted molar refractivity (Wildman–Crippen MR) is 212 cm³/mol. The SMILES string of the molecule is CCCOc1c(CCC)cc(Br)cc1NC(=O)Cc1ccc(C)cc1.CCCOc1c(N)cc(Br)cc1CCC.Cc1ccc(N=O)cc1. The number of carbonyl (C=O) groups is 1. The van der Waals surface area contributed by atoms with Crippen molar-refractivity contribution in [2.75, 3.05) is 24.3 Å². The number of halogens is 2. The van der Waals surface area contributed by atoms with E-state index in [-0.39, 0.29) is 5.91 Å².